The van der Waals surface area contributed by atoms with Crippen molar-refractivity contribution in [2.75, 3.05) is 32.2 Å². The predicted molar refractivity (Wildman–Crippen MR) is 144 cm³/mol. The molecule has 1 aromatic carbocycles. The molecule has 0 bridgehead atoms. The third-order valence-electron chi connectivity index (χ3n) is 6.45. The highest BCUT2D eigenvalue weighted by Gasteiger charge is 2.62. The molecule has 1 aliphatic rings. The number of nitrogens with zero attached hydrogens (tertiary/aromatic N) is 2. The van der Waals surface area contributed by atoms with Gasteiger partial charge >= 0.3 is 23.7 Å². The van der Waals surface area contributed by atoms with Crippen LogP contribution < -0.4 is 11.0 Å². The van der Waals surface area contributed by atoms with Crippen molar-refractivity contribution in [2.24, 2.45) is 0 Å². The van der Waals surface area contributed by atoms with Crippen molar-refractivity contribution in [3.05, 3.63) is 58.6 Å². The number of Topliss-reactive ketones (excluding diaryl/α,β-unsaturated/α-hetero) is 1. The summed E-state index contributed by atoms with van der Waals surface area (Å²) in [7, 11) is 1.41. The van der Waals surface area contributed by atoms with Gasteiger partial charge in [-0.1, -0.05) is 43.2 Å². The minimum Gasteiger partial charge on any atom is -0.453 e. The summed E-state index contributed by atoms with van der Waals surface area (Å²) in [6.07, 6.45) is -3.02. The minimum absolute atomic E-state index is 0.0552. The summed E-state index contributed by atoms with van der Waals surface area (Å²) in [5, 5.41) is 11.8. The predicted octanol–water partition coefficient (Wildman–Crippen LogP) is 3.03. The molecular formula is C28H35F2N3O9. The van der Waals surface area contributed by atoms with Crippen LogP contribution in [0.1, 0.15) is 50.3 Å². The maximum Gasteiger partial charge on any atom is 0.412 e. The number of aromatic nitrogens is 2. The van der Waals surface area contributed by atoms with Crippen molar-refractivity contribution in [1.29, 1.82) is 0 Å². The van der Waals surface area contributed by atoms with Gasteiger partial charge in [0.2, 0.25) is 6.23 Å². The summed E-state index contributed by atoms with van der Waals surface area (Å²) in [6, 6.07) is 10.5. The fourth-order valence-corrected chi connectivity index (χ4v) is 4.34. The molecule has 2 N–H and O–H groups in total. The number of methoxy groups -OCH3 is 1. The summed E-state index contributed by atoms with van der Waals surface area (Å²) in [5.74, 6) is -4.92. The van der Waals surface area contributed by atoms with Gasteiger partial charge in [-0.05, 0) is 24.5 Å². The SMILES string of the molecule is COCCOC(=O)Nc1ccn([C@@H]2O[C@H](CO)[C@@H](OC(=O)CCCCCCC(=O)Cc3ccccc3)C2(F)F)c(=O)n1. The Bertz CT molecular complexity index is 1240. The summed E-state index contributed by atoms with van der Waals surface area (Å²) in [4.78, 5) is 52.2. The zero-order chi connectivity index (χ0) is 30.5. The summed E-state index contributed by atoms with van der Waals surface area (Å²) >= 11 is 0. The van der Waals surface area contributed by atoms with Crippen molar-refractivity contribution in [2.45, 2.75) is 69.3 Å². The van der Waals surface area contributed by atoms with Crippen molar-refractivity contribution < 1.29 is 47.2 Å². The number of carbonyl (C=O) groups is 3. The van der Waals surface area contributed by atoms with Crippen LogP contribution in [0.4, 0.5) is 19.4 Å². The van der Waals surface area contributed by atoms with Crippen LogP contribution in [0.25, 0.3) is 0 Å². The number of rotatable bonds is 16. The molecule has 230 valence electrons. The second-order valence-electron chi connectivity index (χ2n) is 9.67. The number of anilines is 1. The molecule has 0 aliphatic carbocycles. The van der Waals surface area contributed by atoms with Crippen molar-refractivity contribution in [1.82, 2.24) is 9.55 Å². The standard InChI is InChI=1S/C28H35F2N3O9/c1-39-15-16-40-27(38)32-22-13-14-33(26(37)31-22)25-28(29,30)24(21(18-34)41-25)42-23(36)12-8-3-2-7-11-20(35)17-19-9-5-4-6-10-19/h4-6,9-10,13-14,21,24-25,34H,2-3,7-8,11-12,15-18H2,1H3,(H,31,32,37,38)/t21-,24-,25-/m1/s1. The number of alkyl halides is 2. The number of esters is 1. The molecule has 1 aromatic heterocycles. The van der Waals surface area contributed by atoms with Crippen LogP contribution >= 0.6 is 0 Å². The number of halogens is 2. The highest BCUT2D eigenvalue weighted by Crippen LogP contribution is 2.44. The van der Waals surface area contributed by atoms with Gasteiger partial charge in [0.1, 0.15) is 24.3 Å². The zero-order valence-electron chi connectivity index (χ0n) is 23.2. The van der Waals surface area contributed by atoms with Gasteiger partial charge in [-0.15, -0.1) is 0 Å². The Balaban J connectivity index is 1.47. The van der Waals surface area contributed by atoms with Gasteiger partial charge in [-0.2, -0.15) is 13.8 Å². The molecule has 3 atom stereocenters. The lowest BCUT2D eigenvalue weighted by Gasteiger charge is -2.24. The molecule has 3 rings (SSSR count). The van der Waals surface area contributed by atoms with E-state index in [4.69, 9.17) is 18.9 Å². The molecule has 2 aromatic rings. The fourth-order valence-electron chi connectivity index (χ4n) is 4.34. The van der Waals surface area contributed by atoms with E-state index in [2.05, 4.69) is 10.3 Å². The minimum atomic E-state index is -3.89. The first-order valence-corrected chi connectivity index (χ1v) is 13.6. The van der Waals surface area contributed by atoms with E-state index in [1.165, 1.54) is 7.11 Å². The van der Waals surface area contributed by atoms with E-state index in [1.54, 1.807) is 0 Å². The molecule has 12 nitrogen and oxygen atoms in total. The second-order valence-corrected chi connectivity index (χ2v) is 9.67. The Kier molecular flexibility index (Phi) is 12.5. The first kappa shape index (κ1) is 32.8. The number of ketones is 1. The van der Waals surface area contributed by atoms with Gasteiger partial charge in [0, 0.05) is 32.6 Å². The molecule has 1 amide bonds. The van der Waals surface area contributed by atoms with Gasteiger partial charge < -0.3 is 24.1 Å². The van der Waals surface area contributed by atoms with E-state index >= 15 is 8.78 Å². The van der Waals surface area contributed by atoms with E-state index < -0.39 is 48.7 Å². The van der Waals surface area contributed by atoms with Gasteiger partial charge in [-0.25, -0.2) is 9.59 Å². The molecule has 1 fully saturated rings. The first-order chi connectivity index (χ1) is 20.1. The van der Waals surface area contributed by atoms with Crippen molar-refractivity contribution in [3.63, 3.8) is 0 Å². The zero-order valence-corrected chi connectivity index (χ0v) is 23.2. The Morgan fingerprint density at radius 1 is 1.07 bits per heavy atom. The number of carbonyl (C=O) groups excluding carboxylic acids is 3. The molecule has 1 aliphatic heterocycles. The lowest BCUT2D eigenvalue weighted by Crippen LogP contribution is -2.44. The summed E-state index contributed by atoms with van der Waals surface area (Å²) < 4.78 is 50.8. The number of benzene rings is 1. The van der Waals surface area contributed by atoms with E-state index in [1.807, 2.05) is 30.3 Å². The number of aliphatic hydroxyl groups is 1. The molecule has 0 spiro atoms. The molecule has 0 unspecified atom stereocenters. The Morgan fingerprint density at radius 3 is 2.45 bits per heavy atom. The molecular weight excluding hydrogens is 560 g/mol. The number of hydrogen-bond donors (Lipinski definition) is 2. The third-order valence-corrected chi connectivity index (χ3v) is 6.45. The number of ether oxygens (including phenoxy) is 4. The largest absolute Gasteiger partial charge is 0.453 e. The highest BCUT2D eigenvalue weighted by molar-refractivity contribution is 5.83. The number of amides is 1. The highest BCUT2D eigenvalue weighted by atomic mass is 19.3. The lowest BCUT2D eigenvalue weighted by molar-refractivity contribution is -0.176. The van der Waals surface area contributed by atoms with Crippen LogP contribution in [0, 0.1) is 0 Å². The van der Waals surface area contributed by atoms with Crippen LogP contribution in [0.2, 0.25) is 0 Å². The van der Waals surface area contributed by atoms with Crippen LogP contribution in [0.5, 0.6) is 0 Å². The first-order valence-electron chi connectivity index (χ1n) is 13.6. The number of nitrogens with one attached hydrogen (secondary N) is 1. The molecule has 2 heterocycles. The fraction of sp³-hybridized carbons (Fsp3) is 0.536. The van der Waals surface area contributed by atoms with E-state index in [-0.39, 0.29) is 31.2 Å². The summed E-state index contributed by atoms with van der Waals surface area (Å²) in [6.45, 7) is -0.803. The maximum atomic E-state index is 15.3. The second kappa shape index (κ2) is 16.0. The van der Waals surface area contributed by atoms with Crippen LogP contribution in [0.3, 0.4) is 0 Å². The van der Waals surface area contributed by atoms with Crippen LogP contribution in [0.15, 0.2) is 47.4 Å². The average molecular weight is 596 g/mol. The lowest BCUT2D eigenvalue weighted by atomic mass is 10.0. The number of hydrogen-bond acceptors (Lipinski definition) is 10. The smallest absolute Gasteiger partial charge is 0.412 e. The Hall–Kier alpha value is -3.75. The van der Waals surface area contributed by atoms with Crippen LogP contribution in [-0.2, 0) is 35.0 Å². The average Bonchev–Trinajstić information content (AvgIpc) is 3.20. The van der Waals surface area contributed by atoms with Crippen molar-refractivity contribution >= 4 is 23.7 Å². The molecule has 42 heavy (non-hydrogen) atoms. The monoisotopic (exact) mass is 595 g/mol. The number of aliphatic hydroxyl groups excluding tert-OH is 1. The van der Waals surface area contributed by atoms with Gasteiger partial charge in [0.05, 0.1) is 13.2 Å². The molecule has 14 heteroatoms. The topological polar surface area (TPSA) is 155 Å². The van der Waals surface area contributed by atoms with E-state index in [0.29, 0.717) is 43.1 Å². The quantitative estimate of drug-likeness (QED) is 0.219. The normalized spacial score (nSPS) is 19.3. The Labute approximate surface area is 240 Å². The summed E-state index contributed by atoms with van der Waals surface area (Å²) in [5.41, 5.74) is -0.229. The maximum absolute atomic E-state index is 15.3. The molecule has 1 saturated heterocycles. The molecule has 0 saturated carbocycles. The van der Waals surface area contributed by atoms with E-state index in [0.717, 1.165) is 17.8 Å². The van der Waals surface area contributed by atoms with Crippen molar-refractivity contribution in [3.8, 4) is 0 Å². The van der Waals surface area contributed by atoms with Gasteiger partial charge in [0.25, 0.3) is 0 Å². The van der Waals surface area contributed by atoms with E-state index in [9.17, 15) is 24.3 Å². The third kappa shape index (κ3) is 9.39. The number of unbranched alkanes of at least 4 members (excludes halogenated alkanes) is 3. The molecule has 0 radical (unpaired) electrons. The van der Waals surface area contributed by atoms with Crippen LogP contribution in [-0.4, -0.2) is 77.6 Å². The van der Waals surface area contributed by atoms with Gasteiger partial charge in [-0.3, -0.25) is 19.5 Å². The Morgan fingerprint density at radius 2 is 1.79 bits per heavy atom. The van der Waals surface area contributed by atoms with Gasteiger partial charge in [0.15, 0.2) is 6.10 Å².